The molecule has 0 radical (unpaired) electrons. The van der Waals surface area contributed by atoms with E-state index in [4.69, 9.17) is 9.47 Å². The Bertz CT molecular complexity index is 428. The van der Waals surface area contributed by atoms with E-state index >= 15 is 0 Å². The van der Waals surface area contributed by atoms with E-state index in [-0.39, 0.29) is 4.91 Å². The van der Waals surface area contributed by atoms with Crippen molar-refractivity contribution < 1.29 is 23.6 Å². The van der Waals surface area contributed by atoms with Crippen LogP contribution in [0.15, 0.2) is 46.2 Å². The fourth-order valence-electron chi connectivity index (χ4n) is 1.33. The van der Waals surface area contributed by atoms with E-state index in [9.17, 15) is 9.35 Å². The van der Waals surface area contributed by atoms with Gasteiger partial charge in [0.1, 0.15) is 0 Å². The Morgan fingerprint density at radius 3 is 2.26 bits per heavy atom. The second-order valence-corrected chi connectivity index (χ2v) is 4.89. The third kappa shape index (κ3) is 4.36. The number of carbonyl (C=O) groups is 1. The lowest BCUT2D eigenvalue weighted by Crippen LogP contribution is -2.20. The maximum absolute atomic E-state index is 12.3. The van der Waals surface area contributed by atoms with E-state index < -0.39 is 23.4 Å². The van der Waals surface area contributed by atoms with Crippen LogP contribution in [0.2, 0.25) is 0 Å². The average Bonchev–Trinajstić information content (AvgIpc) is 2.48. The van der Waals surface area contributed by atoms with E-state index in [1.165, 1.54) is 27.4 Å². The number of carbonyl (C=O) groups excluding carboxylic acids is 1. The monoisotopic (exact) mass is 284 g/mol. The molecule has 1 rings (SSSR count). The van der Waals surface area contributed by atoms with Gasteiger partial charge in [-0.25, -0.2) is 4.79 Å². The maximum atomic E-state index is 12.3. The smallest absolute Gasteiger partial charge is 0.386 e. The first-order valence-electron chi connectivity index (χ1n) is 5.46. The SMILES string of the molecule is COC(=O)/C(=C\C(OC)OC)[S+]([O-])c1ccccc1. The molecule has 0 aliphatic carbocycles. The third-order valence-electron chi connectivity index (χ3n) is 2.30. The lowest BCUT2D eigenvalue weighted by Gasteiger charge is -2.14. The van der Waals surface area contributed by atoms with E-state index in [0.717, 1.165) is 0 Å². The Morgan fingerprint density at radius 1 is 1.21 bits per heavy atom. The van der Waals surface area contributed by atoms with Gasteiger partial charge >= 0.3 is 5.97 Å². The molecule has 0 heterocycles. The van der Waals surface area contributed by atoms with Crippen molar-refractivity contribution in [2.45, 2.75) is 11.2 Å². The zero-order valence-electron chi connectivity index (χ0n) is 11.0. The van der Waals surface area contributed by atoms with Crippen LogP contribution in [-0.2, 0) is 30.2 Å². The van der Waals surface area contributed by atoms with Crippen molar-refractivity contribution in [3.05, 3.63) is 41.3 Å². The number of rotatable bonds is 6. The summed E-state index contributed by atoms with van der Waals surface area (Å²) in [6, 6.07) is 8.62. The van der Waals surface area contributed by atoms with Crippen molar-refractivity contribution in [1.82, 2.24) is 0 Å². The molecule has 1 atom stereocenters. The minimum atomic E-state index is -1.65. The van der Waals surface area contributed by atoms with Gasteiger partial charge in [0.15, 0.2) is 11.2 Å². The molecular weight excluding hydrogens is 268 g/mol. The number of hydrogen-bond acceptors (Lipinski definition) is 5. The van der Waals surface area contributed by atoms with Crippen LogP contribution in [0.5, 0.6) is 0 Å². The fraction of sp³-hybridized carbons (Fsp3) is 0.308. The molecule has 0 aliphatic rings. The summed E-state index contributed by atoms with van der Waals surface area (Å²) in [4.78, 5) is 12.2. The van der Waals surface area contributed by atoms with Crippen molar-refractivity contribution in [2.24, 2.45) is 0 Å². The molecule has 0 bridgehead atoms. The number of benzene rings is 1. The highest BCUT2D eigenvalue weighted by atomic mass is 32.2. The van der Waals surface area contributed by atoms with Gasteiger partial charge in [-0.1, -0.05) is 18.2 Å². The third-order valence-corrected chi connectivity index (χ3v) is 3.70. The van der Waals surface area contributed by atoms with Crippen LogP contribution in [0.25, 0.3) is 0 Å². The van der Waals surface area contributed by atoms with E-state index in [2.05, 4.69) is 4.74 Å². The highest BCUT2D eigenvalue weighted by Crippen LogP contribution is 2.21. The molecule has 0 N–H and O–H groups in total. The van der Waals surface area contributed by atoms with Gasteiger partial charge < -0.3 is 18.8 Å². The van der Waals surface area contributed by atoms with Gasteiger partial charge in [0.25, 0.3) is 0 Å². The van der Waals surface area contributed by atoms with Crippen LogP contribution < -0.4 is 0 Å². The number of esters is 1. The maximum Gasteiger partial charge on any atom is 0.386 e. The van der Waals surface area contributed by atoms with Gasteiger partial charge in [0.05, 0.1) is 7.11 Å². The molecule has 1 aromatic carbocycles. The topological polar surface area (TPSA) is 67.8 Å². The molecule has 0 aromatic heterocycles. The zero-order chi connectivity index (χ0) is 14.3. The first-order chi connectivity index (χ1) is 9.13. The summed E-state index contributed by atoms with van der Waals surface area (Å²) in [7, 11) is 4.07. The van der Waals surface area contributed by atoms with Gasteiger partial charge in [0.2, 0.25) is 4.91 Å². The van der Waals surface area contributed by atoms with Crippen LogP contribution in [0.4, 0.5) is 0 Å². The second-order valence-electron chi connectivity index (χ2n) is 3.44. The quantitative estimate of drug-likeness (QED) is 0.342. The predicted octanol–water partition coefficient (Wildman–Crippen LogP) is 1.47. The number of methoxy groups -OCH3 is 3. The van der Waals surface area contributed by atoms with Crippen molar-refractivity contribution >= 4 is 17.1 Å². The summed E-state index contributed by atoms with van der Waals surface area (Å²) >= 11 is -1.65. The molecule has 0 saturated carbocycles. The molecule has 19 heavy (non-hydrogen) atoms. The van der Waals surface area contributed by atoms with Gasteiger partial charge in [-0.3, -0.25) is 0 Å². The molecule has 1 unspecified atom stereocenters. The predicted molar refractivity (Wildman–Crippen MR) is 70.8 cm³/mol. The van der Waals surface area contributed by atoms with Crippen molar-refractivity contribution in [2.75, 3.05) is 21.3 Å². The van der Waals surface area contributed by atoms with Crippen LogP contribution >= 0.6 is 0 Å². The Morgan fingerprint density at radius 2 is 1.79 bits per heavy atom. The molecule has 6 heteroatoms. The lowest BCUT2D eigenvalue weighted by atomic mass is 10.4. The Labute approximate surface area is 115 Å². The number of ether oxygens (including phenoxy) is 3. The molecule has 0 aliphatic heterocycles. The van der Waals surface area contributed by atoms with Crippen LogP contribution in [0, 0.1) is 0 Å². The summed E-state index contributed by atoms with van der Waals surface area (Å²) in [5, 5.41) is 0. The first-order valence-corrected chi connectivity index (χ1v) is 6.61. The summed E-state index contributed by atoms with van der Waals surface area (Å²) in [6.07, 6.45) is 0.580. The highest BCUT2D eigenvalue weighted by Gasteiger charge is 2.28. The van der Waals surface area contributed by atoms with Gasteiger partial charge in [-0.05, 0) is 12.1 Å². The lowest BCUT2D eigenvalue weighted by molar-refractivity contribution is -0.135. The van der Waals surface area contributed by atoms with Crippen LogP contribution in [-0.4, -0.2) is 38.1 Å². The van der Waals surface area contributed by atoms with Crippen LogP contribution in [0.1, 0.15) is 0 Å². The van der Waals surface area contributed by atoms with Crippen LogP contribution in [0.3, 0.4) is 0 Å². The standard InChI is InChI=1S/C13H16O5S/c1-16-12(17-2)9-11(13(14)18-3)19(15)10-7-5-4-6-8-10/h4-9,12H,1-3H3/b11-9+. The Kier molecular flexibility index (Phi) is 6.58. The molecular formula is C13H16O5S. The van der Waals surface area contributed by atoms with Crippen molar-refractivity contribution in [3.63, 3.8) is 0 Å². The minimum Gasteiger partial charge on any atom is -0.606 e. The minimum absolute atomic E-state index is 0.0117. The van der Waals surface area contributed by atoms with Crippen molar-refractivity contribution in [1.29, 1.82) is 0 Å². The summed E-state index contributed by atoms with van der Waals surface area (Å²) in [6.45, 7) is 0. The zero-order valence-corrected chi connectivity index (χ0v) is 11.8. The Balaban J connectivity index is 3.07. The summed E-state index contributed by atoms with van der Waals surface area (Å²) < 4.78 is 26.9. The first kappa shape index (κ1) is 15.7. The largest absolute Gasteiger partial charge is 0.606 e. The molecule has 0 fully saturated rings. The molecule has 0 spiro atoms. The fourth-order valence-corrected chi connectivity index (χ4v) is 2.46. The van der Waals surface area contributed by atoms with Crippen molar-refractivity contribution in [3.8, 4) is 0 Å². The number of hydrogen-bond donors (Lipinski definition) is 0. The molecule has 0 amide bonds. The average molecular weight is 284 g/mol. The van der Waals surface area contributed by atoms with Gasteiger partial charge in [-0.2, -0.15) is 0 Å². The molecule has 0 saturated heterocycles. The van der Waals surface area contributed by atoms with E-state index in [0.29, 0.717) is 4.90 Å². The second kappa shape index (κ2) is 7.96. The van der Waals surface area contributed by atoms with Gasteiger partial charge in [-0.15, -0.1) is 0 Å². The normalized spacial score (nSPS) is 13.4. The highest BCUT2D eigenvalue weighted by molar-refractivity contribution is 7.96. The summed E-state index contributed by atoms with van der Waals surface area (Å²) in [5.41, 5.74) is 0. The van der Waals surface area contributed by atoms with Gasteiger partial charge in [0, 0.05) is 31.5 Å². The molecule has 104 valence electrons. The Hall–Kier alpha value is -1.34. The van der Waals surface area contributed by atoms with E-state index in [1.54, 1.807) is 30.3 Å². The van der Waals surface area contributed by atoms with E-state index in [1.807, 2.05) is 0 Å². The molecule has 5 nitrogen and oxygen atoms in total. The molecule has 1 aromatic rings. The summed E-state index contributed by atoms with van der Waals surface area (Å²) in [5.74, 6) is -0.679.